The van der Waals surface area contributed by atoms with Crippen molar-refractivity contribution in [3.63, 3.8) is 0 Å². The first-order valence-corrected chi connectivity index (χ1v) is 9.56. The molecule has 0 aromatic heterocycles. The number of carbonyl (C=O) groups is 1. The molecule has 2 N–H and O–H groups in total. The highest BCUT2D eigenvalue weighted by Crippen LogP contribution is 2.31. The molecule has 0 aliphatic carbocycles. The Morgan fingerprint density at radius 3 is 2.67 bits per heavy atom. The molecule has 27 heavy (non-hydrogen) atoms. The van der Waals surface area contributed by atoms with Crippen LogP contribution in [-0.2, 0) is 11.3 Å². The lowest BCUT2D eigenvalue weighted by atomic mass is 10.0. The van der Waals surface area contributed by atoms with Crippen LogP contribution in [-0.4, -0.2) is 33.2 Å². The Morgan fingerprint density at radius 1 is 1.19 bits per heavy atom. The molecule has 0 bridgehead atoms. The highest BCUT2D eigenvalue weighted by atomic mass is 35.5. The molecule has 0 spiro atoms. The zero-order valence-corrected chi connectivity index (χ0v) is 16.5. The van der Waals surface area contributed by atoms with Crippen LogP contribution >= 0.6 is 11.6 Å². The van der Waals surface area contributed by atoms with E-state index in [4.69, 9.17) is 21.1 Å². The number of carbonyl (C=O) groups excluding carboxylic acids is 1. The summed E-state index contributed by atoms with van der Waals surface area (Å²) in [5, 5.41) is 3.71. The summed E-state index contributed by atoms with van der Waals surface area (Å²) in [5.41, 5.74) is 2.17. The summed E-state index contributed by atoms with van der Waals surface area (Å²) in [6.45, 7) is 1.95. The standard InChI is InChI=1S/C21H25ClN2O3/c1-26-17-9-10-18(20(12-17)27-2)19-4-3-11-24(19)14-21(25)23-13-15-5-7-16(22)8-6-15/h5-10,12,19H,3-4,11,13-14H2,1-2H3,(H,23,25)/p+1/t19-/m0/s1. The Labute approximate surface area is 165 Å². The topological polar surface area (TPSA) is 52.0 Å². The summed E-state index contributed by atoms with van der Waals surface area (Å²) in [7, 11) is 3.32. The van der Waals surface area contributed by atoms with Crippen LogP contribution in [0.25, 0.3) is 0 Å². The molecule has 1 fully saturated rings. The molecule has 2 aromatic carbocycles. The summed E-state index contributed by atoms with van der Waals surface area (Å²) in [6, 6.07) is 13.7. The summed E-state index contributed by atoms with van der Waals surface area (Å²) in [5.74, 6) is 1.65. The van der Waals surface area contributed by atoms with Crippen LogP contribution in [0.15, 0.2) is 42.5 Å². The molecule has 144 valence electrons. The van der Waals surface area contributed by atoms with Gasteiger partial charge in [0.1, 0.15) is 17.5 Å². The Morgan fingerprint density at radius 2 is 1.96 bits per heavy atom. The largest absolute Gasteiger partial charge is 0.497 e. The molecule has 1 aliphatic rings. The zero-order valence-electron chi connectivity index (χ0n) is 15.8. The average Bonchev–Trinajstić information content (AvgIpc) is 3.14. The fourth-order valence-corrected chi connectivity index (χ4v) is 3.80. The van der Waals surface area contributed by atoms with Crippen LogP contribution in [0.1, 0.15) is 30.0 Å². The van der Waals surface area contributed by atoms with E-state index in [0.717, 1.165) is 42.0 Å². The molecule has 2 aromatic rings. The predicted octanol–water partition coefficient (Wildman–Crippen LogP) is 2.39. The van der Waals surface area contributed by atoms with Crippen molar-refractivity contribution in [3.8, 4) is 11.5 Å². The first kappa shape index (κ1) is 19.5. The van der Waals surface area contributed by atoms with Gasteiger partial charge in [0.25, 0.3) is 5.91 Å². The highest BCUT2D eigenvalue weighted by Gasteiger charge is 2.33. The normalized spacial score (nSPS) is 18.9. The Kier molecular flexibility index (Phi) is 6.58. The van der Waals surface area contributed by atoms with E-state index in [1.54, 1.807) is 14.2 Å². The number of benzene rings is 2. The average molecular weight is 390 g/mol. The highest BCUT2D eigenvalue weighted by molar-refractivity contribution is 6.30. The Balaban J connectivity index is 1.62. The van der Waals surface area contributed by atoms with Crippen molar-refractivity contribution in [2.45, 2.75) is 25.4 Å². The van der Waals surface area contributed by atoms with Crippen LogP contribution in [0.4, 0.5) is 0 Å². The molecule has 1 unspecified atom stereocenters. The fraction of sp³-hybridized carbons (Fsp3) is 0.381. The van der Waals surface area contributed by atoms with E-state index in [1.165, 1.54) is 4.90 Å². The van der Waals surface area contributed by atoms with Crippen LogP contribution in [0.5, 0.6) is 11.5 Å². The van der Waals surface area contributed by atoms with E-state index < -0.39 is 0 Å². The van der Waals surface area contributed by atoms with E-state index >= 15 is 0 Å². The predicted molar refractivity (Wildman–Crippen MR) is 106 cm³/mol. The minimum atomic E-state index is 0.0549. The molecule has 1 saturated heterocycles. The van der Waals surface area contributed by atoms with Crippen molar-refractivity contribution in [1.29, 1.82) is 0 Å². The molecule has 1 heterocycles. The van der Waals surface area contributed by atoms with Crippen molar-refractivity contribution in [1.82, 2.24) is 5.32 Å². The lowest BCUT2D eigenvalue weighted by Crippen LogP contribution is -3.11. The zero-order chi connectivity index (χ0) is 19.2. The maximum Gasteiger partial charge on any atom is 0.275 e. The number of amides is 1. The Bertz CT molecular complexity index is 779. The first-order valence-electron chi connectivity index (χ1n) is 9.18. The van der Waals surface area contributed by atoms with E-state index in [1.807, 2.05) is 36.4 Å². The molecule has 0 radical (unpaired) electrons. The second-order valence-electron chi connectivity index (χ2n) is 6.79. The van der Waals surface area contributed by atoms with Gasteiger partial charge in [-0.2, -0.15) is 0 Å². The maximum atomic E-state index is 12.5. The first-order chi connectivity index (χ1) is 13.1. The molecule has 5 nitrogen and oxygen atoms in total. The molecule has 3 rings (SSSR count). The van der Waals surface area contributed by atoms with Crippen molar-refractivity contribution in [2.75, 3.05) is 27.3 Å². The summed E-state index contributed by atoms with van der Waals surface area (Å²) >= 11 is 5.90. The van der Waals surface area contributed by atoms with Gasteiger partial charge < -0.3 is 19.7 Å². The molecular weight excluding hydrogens is 364 g/mol. The minimum absolute atomic E-state index is 0.0549. The van der Waals surface area contributed by atoms with E-state index in [9.17, 15) is 4.79 Å². The van der Waals surface area contributed by atoms with Gasteiger partial charge in [0.15, 0.2) is 6.54 Å². The van der Waals surface area contributed by atoms with Crippen LogP contribution in [0.3, 0.4) is 0 Å². The third-order valence-corrected chi connectivity index (χ3v) is 5.34. The lowest BCUT2D eigenvalue weighted by molar-refractivity contribution is -0.910. The van der Waals surface area contributed by atoms with Gasteiger partial charge in [0.2, 0.25) is 0 Å². The van der Waals surface area contributed by atoms with Gasteiger partial charge in [0.05, 0.1) is 26.3 Å². The SMILES string of the molecule is COc1ccc([C@@H]2CCC[NH+]2CC(=O)NCc2ccc(Cl)cc2)c(OC)c1. The van der Waals surface area contributed by atoms with Crippen molar-refractivity contribution < 1.29 is 19.2 Å². The fourth-order valence-electron chi connectivity index (χ4n) is 3.68. The quantitative estimate of drug-likeness (QED) is 0.764. The van der Waals surface area contributed by atoms with Gasteiger partial charge in [-0.1, -0.05) is 23.7 Å². The molecule has 1 aliphatic heterocycles. The number of likely N-dealkylation sites (tertiary alicyclic amines) is 1. The van der Waals surface area contributed by atoms with Crippen molar-refractivity contribution in [2.24, 2.45) is 0 Å². The Hall–Kier alpha value is -2.24. The number of ether oxygens (including phenoxy) is 2. The van der Waals surface area contributed by atoms with E-state index in [-0.39, 0.29) is 11.9 Å². The number of halogens is 1. The maximum absolute atomic E-state index is 12.5. The van der Waals surface area contributed by atoms with Gasteiger partial charge in [-0.15, -0.1) is 0 Å². The van der Waals surface area contributed by atoms with Gasteiger partial charge in [0, 0.05) is 30.5 Å². The molecule has 0 saturated carbocycles. The van der Waals surface area contributed by atoms with Gasteiger partial charge in [-0.25, -0.2) is 0 Å². The van der Waals surface area contributed by atoms with Crippen molar-refractivity contribution >= 4 is 17.5 Å². The lowest BCUT2D eigenvalue weighted by Gasteiger charge is -2.23. The van der Waals surface area contributed by atoms with Crippen LogP contribution in [0, 0.1) is 0 Å². The number of hydrogen-bond acceptors (Lipinski definition) is 3. The number of methoxy groups -OCH3 is 2. The number of hydrogen-bond donors (Lipinski definition) is 2. The summed E-state index contributed by atoms with van der Waals surface area (Å²) in [4.78, 5) is 13.7. The molecule has 2 atom stereocenters. The van der Waals surface area contributed by atoms with Crippen LogP contribution in [0.2, 0.25) is 5.02 Å². The number of nitrogens with one attached hydrogen (secondary N) is 2. The van der Waals surface area contributed by atoms with Gasteiger partial charge >= 0.3 is 0 Å². The van der Waals surface area contributed by atoms with Crippen LogP contribution < -0.4 is 19.7 Å². The molecular formula is C21H26ClN2O3+. The monoisotopic (exact) mass is 389 g/mol. The summed E-state index contributed by atoms with van der Waals surface area (Å²) in [6.07, 6.45) is 2.14. The second-order valence-corrected chi connectivity index (χ2v) is 7.23. The minimum Gasteiger partial charge on any atom is -0.497 e. The third kappa shape index (κ3) is 4.93. The van der Waals surface area contributed by atoms with E-state index in [2.05, 4.69) is 11.4 Å². The van der Waals surface area contributed by atoms with E-state index in [0.29, 0.717) is 18.1 Å². The van der Waals surface area contributed by atoms with Crippen molar-refractivity contribution in [3.05, 3.63) is 58.6 Å². The summed E-state index contributed by atoms with van der Waals surface area (Å²) < 4.78 is 10.9. The second kappa shape index (κ2) is 9.11. The molecule has 6 heteroatoms. The van der Waals surface area contributed by atoms with Gasteiger partial charge in [-0.05, 0) is 29.8 Å². The number of quaternary nitrogens is 1. The third-order valence-electron chi connectivity index (χ3n) is 5.09. The number of rotatable bonds is 7. The smallest absolute Gasteiger partial charge is 0.275 e. The molecule has 1 amide bonds. The van der Waals surface area contributed by atoms with Gasteiger partial charge in [-0.3, -0.25) is 4.79 Å².